The molecule has 1 aromatic heterocycles. The van der Waals surface area contributed by atoms with Gasteiger partial charge in [-0.25, -0.2) is 4.98 Å². The van der Waals surface area contributed by atoms with Crippen LogP contribution in [0.15, 0.2) is 37.3 Å². The number of nitrogens with zero attached hydrogens (tertiary/aromatic N) is 1. The molecule has 0 unspecified atom stereocenters. The highest BCUT2D eigenvalue weighted by molar-refractivity contribution is 9.10. The van der Waals surface area contributed by atoms with E-state index in [1.54, 1.807) is 23.1 Å². The lowest BCUT2D eigenvalue weighted by molar-refractivity contribution is 0.669. The maximum absolute atomic E-state index is 4.52. The quantitative estimate of drug-likeness (QED) is 0.747. The number of aromatic nitrogens is 1. The van der Waals surface area contributed by atoms with E-state index in [1.165, 1.54) is 10.5 Å². The van der Waals surface area contributed by atoms with Gasteiger partial charge >= 0.3 is 0 Å². The van der Waals surface area contributed by atoms with Crippen LogP contribution >= 0.6 is 39.0 Å². The summed E-state index contributed by atoms with van der Waals surface area (Å²) in [6.45, 7) is 6.17. The zero-order valence-corrected chi connectivity index (χ0v) is 14.3. The molecule has 0 bridgehead atoms. The van der Waals surface area contributed by atoms with Gasteiger partial charge in [0, 0.05) is 27.0 Å². The van der Waals surface area contributed by atoms with Crippen LogP contribution in [0.25, 0.3) is 0 Å². The Labute approximate surface area is 131 Å². The van der Waals surface area contributed by atoms with E-state index in [4.69, 9.17) is 0 Å². The van der Waals surface area contributed by atoms with Crippen LogP contribution in [0.5, 0.6) is 0 Å². The van der Waals surface area contributed by atoms with Crippen molar-refractivity contribution in [1.82, 2.24) is 10.3 Å². The van der Waals surface area contributed by atoms with Crippen LogP contribution in [0, 0.1) is 6.92 Å². The van der Waals surface area contributed by atoms with Crippen LogP contribution < -0.4 is 5.32 Å². The molecule has 0 amide bonds. The van der Waals surface area contributed by atoms with E-state index < -0.39 is 0 Å². The average molecular weight is 357 g/mol. The molecule has 2 aromatic rings. The first-order chi connectivity index (χ1) is 9.19. The largest absolute Gasteiger partial charge is 0.313 e. The van der Waals surface area contributed by atoms with Gasteiger partial charge < -0.3 is 5.32 Å². The smallest absolute Gasteiger partial charge is 0.154 e. The predicted molar refractivity (Wildman–Crippen MR) is 87.1 cm³/mol. The summed E-state index contributed by atoms with van der Waals surface area (Å²) in [4.78, 5) is 5.79. The molecule has 0 aliphatic heterocycles. The van der Waals surface area contributed by atoms with Crippen LogP contribution in [0.2, 0.25) is 0 Å². The molecule has 0 aliphatic carbocycles. The van der Waals surface area contributed by atoms with Gasteiger partial charge in [0.1, 0.15) is 0 Å². The van der Waals surface area contributed by atoms with Gasteiger partial charge in [-0.3, -0.25) is 0 Å². The van der Waals surface area contributed by atoms with Gasteiger partial charge in [-0.05, 0) is 43.7 Å². The molecule has 5 heteroatoms. The lowest BCUT2D eigenvalue weighted by Crippen LogP contribution is -2.14. The van der Waals surface area contributed by atoms with Crippen molar-refractivity contribution in [3.05, 3.63) is 39.3 Å². The first kappa shape index (κ1) is 15.0. The minimum absolute atomic E-state index is 0.903. The fourth-order valence-corrected chi connectivity index (χ4v) is 3.97. The van der Waals surface area contributed by atoms with Crippen molar-refractivity contribution in [3.63, 3.8) is 0 Å². The fourth-order valence-electron chi connectivity index (χ4n) is 1.66. The number of benzene rings is 1. The van der Waals surface area contributed by atoms with Crippen LogP contribution in [0.4, 0.5) is 0 Å². The number of aryl methyl sites for hydroxylation is 1. The average Bonchev–Trinajstić information content (AvgIpc) is 2.78. The third kappa shape index (κ3) is 4.60. The normalized spacial score (nSPS) is 10.9. The van der Waals surface area contributed by atoms with Crippen LogP contribution in [0.3, 0.4) is 0 Å². The van der Waals surface area contributed by atoms with E-state index in [0.29, 0.717) is 0 Å². The monoisotopic (exact) mass is 356 g/mol. The van der Waals surface area contributed by atoms with Gasteiger partial charge in [0.25, 0.3) is 0 Å². The summed E-state index contributed by atoms with van der Waals surface area (Å²) in [7, 11) is 0. The second kappa shape index (κ2) is 7.43. The molecule has 0 aliphatic rings. The molecule has 1 N–H and O–H groups in total. The first-order valence-corrected chi connectivity index (χ1v) is 8.77. The summed E-state index contributed by atoms with van der Waals surface area (Å²) in [5.41, 5.74) is 2.41. The molecular weight excluding hydrogens is 340 g/mol. The van der Waals surface area contributed by atoms with Crippen LogP contribution in [-0.2, 0) is 6.54 Å². The van der Waals surface area contributed by atoms with Gasteiger partial charge in [0.05, 0.1) is 0 Å². The van der Waals surface area contributed by atoms with Crippen molar-refractivity contribution in [3.8, 4) is 0 Å². The number of hydrogen-bond donors (Lipinski definition) is 1. The van der Waals surface area contributed by atoms with Gasteiger partial charge in [0.2, 0.25) is 0 Å². The summed E-state index contributed by atoms with van der Waals surface area (Å²) in [5, 5.41) is 5.55. The van der Waals surface area contributed by atoms with Crippen molar-refractivity contribution in [2.45, 2.75) is 36.0 Å². The second-order valence-electron chi connectivity index (χ2n) is 4.29. The molecular formula is C14H17BrN2S2. The van der Waals surface area contributed by atoms with Gasteiger partial charge in [-0.1, -0.05) is 34.6 Å². The van der Waals surface area contributed by atoms with Crippen molar-refractivity contribution in [2.75, 3.05) is 6.54 Å². The highest BCUT2D eigenvalue weighted by atomic mass is 79.9. The topological polar surface area (TPSA) is 24.9 Å². The van der Waals surface area contributed by atoms with E-state index in [-0.39, 0.29) is 0 Å². The lowest BCUT2D eigenvalue weighted by atomic mass is 10.2. The van der Waals surface area contributed by atoms with E-state index >= 15 is 0 Å². The van der Waals surface area contributed by atoms with Crippen molar-refractivity contribution in [1.29, 1.82) is 0 Å². The molecule has 19 heavy (non-hydrogen) atoms. The molecule has 1 aromatic carbocycles. The molecule has 0 spiro atoms. The number of halogens is 1. The molecule has 1 heterocycles. The zero-order valence-electron chi connectivity index (χ0n) is 11.1. The lowest BCUT2D eigenvalue weighted by Gasteiger charge is -2.09. The third-order valence-electron chi connectivity index (χ3n) is 2.56. The molecule has 2 rings (SSSR count). The summed E-state index contributed by atoms with van der Waals surface area (Å²) in [6, 6.07) is 6.44. The molecule has 0 radical (unpaired) electrons. The molecule has 2 nitrogen and oxygen atoms in total. The van der Waals surface area contributed by atoms with Crippen LogP contribution in [-0.4, -0.2) is 11.5 Å². The third-order valence-corrected chi connectivity index (χ3v) is 5.23. The summed E-state index contributed by atoms with van der Waals surface area (Å²) in [6.07, 6.45) is 1.15. The first-order valence-electron chi connectivity index (χ1n) is 6.28. The van der Waals surface area contributed by atoms with Gasteiger partial charge in [0.15, 0.2) is 4.34 Å². The summed E-state index contributed by atoms with van der Waals surface area (Å²) in [5.74, 6) is 0. The number of thiazole rings is 1. The number of nitrogens with one attached hydrogen (secondary N) is 1. The van der Waals surface area contributed by atoms with Crippen molar-refractivity contribution in [2.24, 2.45) is 0 Å². The Morgan fingerprint density at radius 2 is 2.26 bits per heavy atom. The van der Waals surface area contributed by atoms with Crippen LogP contribution in [0.1, 0.15) is 24.6 Å². The Kier molecular flexibility index (Phi) is 5.88. The maximum atomic E-state index is 4.52. The molecule has 102 valence electrons. The maximum Gasteiger partial charge on any atom is 0.154 e. The summed E-state index contributed by atoms with van der Waals surface area (Å²) < 4.78 is 2.23. The summed E-state index contributed by atoms with van der Waals surface area (Å²) >= 11 is 7.00. The number of hydrogen-bond acceptors (Lipinski definition) is 4. The van der Waals surface area contributed by atoms with Gasteiger partial charge in [-0.2, -0.15) is 0 Å². The Hall–Kier alpha value is -0.360. The van der Waals surface area contributed by atoms with E-state index in [1.807, 2.05) is 6.92 Å². The van der Waals surface area contributed by atoms with E-state index in [9.17, 15) is 0 Å². The SMILES string of the molecule is CCCNCc1cc(Br)ccc1Sc1nc(C)cs1. The fraction of sp³-hybridized carbons (Fsp3) is 0.357. The minimum atomic E-state index is 0.903. The van der Waals surface area contributed by atoms with E-state index in [2.05, 4.69) is 56.7 Å². The second-order valence-corrected chi connectivity index (χ2v) is 7.35. The molecule has 0 saturated heterocycles. The standard InChI is InChI=1S/C14H17BrN2S2/c1-3-6-16-8-11-7-12(15)4-5-13(11)19-14-17-10(2)9-18-14/h4-5,7,9,16H,3,6,8H2,1-2H3. The number of rotatable bonds is 6. The molecule has 0 fully saturated rings. The van der Waals surface area contributed by atoms with Crippen molar-refractivity contribution >= 4 is 39.0 Å². The predicted octanol–water partition coefficient (Wildman–Crippen LogP) is 4.86. The highest BCUT2D eigenvalue weighted by Gasteiger charge is 2.07. The Morgan fingerprint density at radius 3 is 2.95 bits per heavy atom. The Morgan fingerprint density at radius 1 is 1.42 bits per heavy atom. The van der Waals surface area contributed by atoms with Crippen molar-refractivity contribution < 1.29 is 0 Å². The van der Waals surface area contributed by atoms with Gasteiger partial charge in [-0.15, -0.1) is 11.3 Å². The Bertz CT molecular complexity index is 540. The zero-order chi connectivity index (χ0) is 13.7. The minimum Gasteiger partial charge on any atom is -0.313 e. The molecule has 0 saturated carbocycles. The van der Waals surface area contributed by atoms with E-state index in [0.717, 1.165) is 34.0 Å². The Balaban J connectivity index is 2.14. The molecule has 0 atom stereocenters. The highest BCUT2D eigenvalue weighted by Crippen LogP contribution is 2.33.